The van der Waals surface area contributed by atoms with E-state index in [0.29, 0.717) is 23.2 Å². The van der Waals surface area contributed by atoms with Crippen molar-refractivity contribution in [3.05, 3.63) is 34.4 Å². The van der Waals surface area contributed by atoms with Crippen molar-refractivity contribution in [2.24, 2.45) is 0 Å². The summed E-state index contributed by atoms with van der Waals surface area (Å²) in [6.07, 6.45) is 0.581. The van der Waals surface area contributed by atoms with Crippen molar-refractivity contribution in [1.29, 1.82) is 0 Å². The zero-order valence-electron chi connectivity index (χ0n) is 11.5. The molecule has 0 saturated heterocycles. The number of carbonyl (C=O) groups is 1. The minimum absolute atomic E-state index is 0.332. The molecular weight excluding hydrogens is 228 g/mol. The molecule has 0 aliphatic heterocycles. The summed E-state index contributed by atoms with van der Waals surface area (Å²) in [4.78, 5) is 11.9. The molecule has 17 heavy (non-hydrogen) atoms. The molecule has 1 rings (SSSR count). The second-order valence-electron chi connectivity index (χ2n) is 4.95. The van der Waals surface area contributed by atoms with Gasteiger partial charge in [0.25, 0.3) is 0 Å². The van der Waals surface area contributed by atoms with Crippen LogP contribution in [-0.4, -0.2) is 16.8 Å². The van der Waals surface area contributed by atoms with Gasteiger partial charge in [0.15, 0.2) is 0 Å². The molecular formula is C15H22OS. The van der Waals surface area contributed by atoms with E-state index in [1.54, 1.807) is 11.8 Å². The van der Waals surface area contributed by atoms with E-state index in [9.17, 15) is 4.79 Å². The lowest BCUT2D eigenvalue weighted by atomic mass is 9.96. The minimum Gasteiger partial charge on any atom is -0.298 e. The van der Waals surface area contributed by atoms with Crippen LogP contribution in [0.5, 0.6) is 0 Å². The Hall–Kier alpha value is -0.760. The Bertz CT molecular complexity index is 384. The number of benzene rings is 1. The molecule has 0 atom stereocenters. The van der Waals surface area contributed by atoms with Crippen LogP contribution in [0.2, 0.25) is 0 Å². The van der Waals surface area contributed by atoms with Crippen LogP contribution < -0.4 is 0 Å². The third kappa shape index (κ3) is 4.55. The number of thioether (sulfide) groups is 1. The van der Waals surface area contributed by atoms with Gasteiger partial charge in [-0.15, -0.1) is 0 Å². The van der Waals surface area contributed by atoms with E-state index in [0.717, 1.165) is 0 Å². The van der Waals surface area contributed by atoms with Crippen molar-refractivity contribution in [3.63, 3.8) is 0 Å². The number of hydrogen-bond donors (Lipinski definition) is 0. The normalized spacial score (nSPS) is 10.9. The SMILES string of the molecule is Cc1cc(C)c(CC(=O)CSC(C)C)c(C)c1. The highest BCUT2D eigenvalue weighted by Crippen LogP contribution is 2.18. The van der Waals surface area contributed by atoms with Crippen LogP contribution in [0.1, 0.15) is 36.1 Å². The van der Waals surface area contributed by atoms with Crippen LogP contribution in [0.3, 0.4) is 0 Å². The van der Waals surface area contributed by atoms with E-state index in [1.165, 1.54) is 22.3 Å². The standard InChI is InChI=1S/C15H22OS/c1-10(2)17-9-14(16)8-15-12(4)6-11(3)7-13(15)5/h6-7,10H,8-9H2,1-5H3. The van der Waals surface area contributed by atoms with Crippen LogP contribution in [0.25, 0.3) is 0 Å². The second kappa shape index (κ2) is 6.25. The Kier molecular flexibility index (Phi) is 5.26. The van der Waals surface area contributed by atoms with Crippen LogP contribution in [0, 0.1) is 20.8 Å². The van der Waals surface area contributed by atoms with Gasteiger partial charge in [-0.05, 0) is 42.7 Å². The Balaban J connectivity index is 2.72. The first-order valence-corrected chi connectivity index (χ1v) is 7.15. The number of aryl methyl sites for hydroxylation is 3. The molecule has 0 N–H and O–H groups in total. The van der Waals surface area contributed by atoms with Crippen molar-refractivity contribution in [2.75, 3.05) is 5.75 Å². The van der Waals surface area contributed by atoms with E-state index < -0.39 is 0 Å². The largest absolute Gasteiger partial charge is 0.298 e. The van der Waals surface area contributed by atoms with Gasteiger partial charge in [0, 0.05) is 6.42 Å². The lowest BCUT2D eigenvalue weighted by Crippen LogP contribution is -2.10. The van der Waals surface area contributed by atoms with E-state index >= 15 is 0 Å². The predicted octanol–water partition coefficient (Wildman–Crippen LogP) is 3.87. The summed E-state index contributed by atoms with van der Waals surface area (Å²) in [5, 5.41) is 0.527. The quantitative estimate of drug-likeness (QED) is 0.789. The third-order valence-electron chi connectivity index (χ3n) is 2.79. The molecule has 0 fully saturated rings. The molecule has 0 aliphatic rings. The van der Waals surface area contributed by atoms with Crippen molar-refractivity contribution < 1.29 is 4.79 Å². The van der Waals surface area contributed by atoms with Gasteiger partial charge in [0.1, 0.15) is 5.78 Å². The van der Waals surface area contributed by atoms with Crippen LogP contribution in [-0.2, 0) is 11.2 Å². The van der Waals surface area contributed by atoms with Gasteiger partial charge in [-0.25, -0.2) is 0 Å². The summed E-state index contributed by atoms with van der Waals surface area (Å²) in [7, 11) is 0. The fraction of sp³-hybridized carbons (Fsp3) is 0.533. The second-order valence-corrected chi connectivity index (χ2v) is 6.52. The molecule has 0 radical (unpaired) electrons. The highest BCUT2D eigenvalue weighted by Gasteiger charge is 2.10. The summed E-state index contributed by atoms with van der Waals surface area (Å²) in [6, 6.07) is 4.32. The maximum atomic E-state index is 11.9. The van der Waals surface area contributed by atoms with Crippen molar-refractivity contribution in [2.45, 2.75) is 46.3 Å². The zero-order chi connectivity index (χ0) is 13.0. The molecule has 0 spiro atoms. The van der Waals surface area contributed by atoms with Crippen LogP contribution in [0.4, 0.5) is 0 Å². The van der Waals surface area contributed by atoms with Gasteiger partial charge in [-0.1, -0.05) is 31.5 Å². The van der Waals surface area contributed by atoms with E-state index in [2.05, 4.69) is 46.8 Å². The first-order chi connectivity index (χ1) is 7.90. The topological polar surface area (TPSA) is 17.1 Å². The lowest BCUT2D eigenvalue weighted by Gasteiger charge is -2.11. The maximum Gasteiger partial charge on any atom is 0.147 e. The first kappa shape index (κ1) is 14.3. The van der Waals surface area contributed by atoms with Gasteiger partial charge >= 0.3 is 0 Å². The number of Topliss-reactive ketones (excluding diaryl/α,β-unsaturated/α-hetero) is 1. The van der Waals surface area contributed by atoms with Gasteiger partial charge in [-0.2, -0.15) is 11.8 Å². The molecule has 1 aromatic rings. The molecule has 1 nitrogen and oxygen atoms in total. The van der Waals surface area contributed by atoms with Crippen molar-refractivity contribution in [3.8, 4) is 0 Å². The Morgan fingerprint density at radius 2 is 1.71 bits per heavy atom. The maximum absolute atomic E-state index is 11.9. The van der Waals surface area contributed by atoms with Gasteiger partial charge in [-0.3, -0.25) is 4.79 Å². The third-order valence-corrected chi connectivity index (χ3v) is 3.95. The summed E-state index contributed by atoms with van der Waals surface area (Å²) in [6.45, 7) is 10.5. The summed E-state index contributed by atoms with van der Waals surface area (Å²) in [5.41, 5.74) is 4.97. The smallest absolute Gasteiger partial charge is 0.147 e. The summed E-state index contributed by atoms with van der Waals surface area (Å²) < 4.78 is 0. The highest BCUT2D eigenvalue weighted by molar-refractivity contribution is 8.00. The Labute approximate surface area is 109 Å². The summed E-state index contributed by atoms with van der Waals surface area (Å²) in [5.74, 6) is 0.962. The number of rotatable bonds is 5. The molecule has 2 heteroatoms. The van der Waals surface area contributed by atoms with Gasteiger partial charge in [0.2, 0.25) is 0 Å². The summed E-state index contributed by atoms with van der Waals surface area (Å²) >= 11 is 1.72. The highest BCUT2D eigenvalue weighted by atomic mass is 32.2. The predicted molar refractivity (Wildman–Crippen MR) is 77.0 cm³/mol. The molecule has 0 heterocycles. The molecule has 0 unspecified atom stereocenters. The Morgan fingerprint density at radius 3 is 2.18 bits per heavy atom. The fourth-order valence-corrected chi connectivity index (χ4v) is 2.62. The lowest BCUT2D eigenvalue weighted by molar-refractivity contribution is -0.116. The van der Waals surface area contributed by atoms with Crippen LogP contribution in [0.15, 0.2) is 12.1 Å². The molecule has 0 saturated carbocycles. The number of hydrogen-bond acceptors (Lipinski definition) is 2. The molecule has 0 aliphatic carbocycles. The first-order valence-electron chi connectivity index (χ1n) is 6.10. The van der Waals surface area contributed by atoms with E-state index in [-0.39, 0.29) is 0 Å². The average molecular weight is 250 g/mol. The van der Waals surface area contributed by atoms with Gasteiger partial charge in [0.05, 0.1) is 5.75 Å². The number of carbonyl (C=O) groups excluding carboxylic acids is 1. The Morgan fingerprint density at radius 1 is 1.18 bits per heavy atom. The molecule has 0 amide bonds. The molecule has 0 aromatic heterocycles. The van der Waals surface area contributed by atoms with E-state index in [4.69, 9.17) is 0 Å². The van der Waals surface area contributed by atoms with Crippen molar-refractivity contribution >= 4 is 17.5 Å². The van der Waals surface area contributed by atoms with Gasteiger partial charge < -0.3 is 0 Å². The zero-order valence-corrected chi connectivity index (χ0v) is 12.3. The minimum atomic E-state index is 0.332. The molecule has 1 aromatic carbocycles. The van der Waals surface area contributed by atoms with Crippen LogP contribution >= 0.6 is 11.8 Å². The average Bonchev–Trinajstić information content (AvgIpc) is 2.20. The molecule has 0 bridgehead atoms. The van der Waals surface area contributed by atoms with E-state index in [1.807, 2.05) is 0 Å². The number of ketones is 1. The molecule has 94 valence electrons. The van der Waals surface area contributed by atoms with Crippen molar-refractivity contribution in [1.82, 2.24) is 0 Å². The monoisotopic (exact) mass is 250 g/mol. The fourth-order valence-electron chi connectivity index (χ4n) is 2.00.